The molecular weight excluding hydrogens is 377 g/mol. The van der Waals surface area contributed by atoms with E-state index in [2.05, 4.69) is 15.3 Å². The summed E-state index contributed by atoms with van der Waals surface area (Å²) in [6.07, 6.45) is 0. The average Bonchev–Trinajstić information content (AvgIpc) is 3.03. The molecule has 2 heterocycles. The van der Waals surface area contributed by atoms with E-state index < -0.39 is 0 Å². The predicted octanol–water partition coefficient (Wildman–Crippen LogP) is 3.34. The van der Waals surface area contributed by atoms with Gasteiger partial charge in [0, 0.05) is 29.2 Å². The van der Waals surface area contributed by atoms with Crippen molar-refractivity contribution in [3.05, 3.63) is 40.4 Å². The van der Waals surface area contributed by atoms with E-state index in [4.69, 9.17) is 27.9 Å². The van der Waals surface area contributed by atoms with Crippen molar-refractivity contribution in [2.75, 3.05) is 25.6 Å². The van der Waals surface area contributed by atoms with E-state index in [9.17, 15) is 4.79 Å². The van der Waals surface area contributed by atoms with Crippen LogP contribution in [0.25, 0.3) is 17.0 Å². The fourth-order valence-electron chi connectivity index (χ4n) is 2.63. The van der Waals surface area contributed by atoms with Crippen LogP contribution in [0.3, 0.4) is 0 Å². The van der Waals surface area contributed by atoms with Gasteiger partial charge in [0.1, 0.15) is 5.82 Å². The standard InChI is InChI=1S/C17H17Cl2N5O2/c1-10(17(25)26-3)9-23(2)15-5-4-14-20-21-16(24(14)22-15)11-6-12(18)8-13(19)7-11/h4-8,10H,9H2,1-3H3. The summed E-state index contributed by atoms with van der Waals surface area (Å²) in [6, 6.07) is 8.78. The third-order valence-corrected chi connectivity index (χ3v) is 4.35. The van der Waals surface area contributed by atoms with Gasteiger partial charge in [0.2, 0.25) is 0 Å². The van der Waals surface area contributed by atoms with Gasteiger partial charge in [-0.25, -0.2) is 0 Å². The monoisotopic (exact) mass is 393 g/mol. The molecule has 1 unspecified atom stereocenters. The Morgan fingerprint density at radius 2 is 1.92 bits per heavy atom. The number of anilines is 1. The smallest absolute Gasteiger partial charge is 0.310 e. The molecule has 9 heteroatoms. The normalized spacial score (nSPS) is 12.2. The second-order valence-corrected chi connectivity index (χ2v) is 6.82. The number of fused-ring (bicyclic) bond motifs is 1. The summed E-state index contributed by atoms with van der Waals surface area (Å²) >= 11 is 12.2. The molecule has 0 fully saturated rings. The molecule has 7 nitrogen and oxygen atoms in total. The molecule has 0 aliphatic rings. The maximum absolute atomic E-state index is 11.6. The Bertz CT molecular complexity index is 939. The number of benzene rings is 1. The number of nitrogens with zero attached hydrogens (tertiary/aromatic N) is 5. The van der Waals surface area contributed by atoms with Crippen LogP contribution in [0, 0.1) is 5.92 Å². The first-order valence-corrected chi connectivity index (χ1v) is 8.62. The number of aromatic nitrogens is 4. The fraction of sp³-hybridized carbons (Fsp3) is 0.294. The van der Waals surface area contributed by atoms with Gasteiger partial charge >= 0.3 is 5.97 Å². The van der Waals surface area contributed by atoms with Crippen LogP contribution in [-0.2, 0) is 9.53 Å². The molecular formula is C17H17Cl2N5O2. The van der Waals surface area contributed by atoms with E-state index in [-0.39, 0.29) is 11.9 Å². The lowest BCUT2D eigenvalue weighted by Gasteiger charge is -2.21. The van der Waals surface area contributed by atoms with Crippen molar-refractivity contribution in [3.63, 3.8) is 0 Å². The molecule has 3 aromatic rings. The first-order chi connectivity index (χ1) is 12.4. The van der Waals surface area contributed by atoms with Crippen LogP contribution in [0.2, 0.25) is 10.0 Å². The highest BCUT2D eigenvalue weighted by atomic mass is 35.5. The minimum atomic E-state index is -0.283. The van der Waals surface area contributed by atoms with Crippen molar-refractivity contribution in [1.29, 1.82) is 0 Å². The first kappa shape index (κ1) is 18.4. The minimum Gasteiger partial charge on any atom is -0.469 e. The van der Waals surface area contributed by atoms with Crippen LogP contribution in [0.5, 0.6) is 0 Å². The molecule has 0 bridgehead atoms. The molecule has 0 spiro atoms. The quantitative estimate of drug-likeness (QED) is 0.618. The van der Waals surface area contributed by atoms with Gasteiger partial charge in [-0.2, -0.15) is 4.52 Å². The molecule has 1 aromatic carbocycles. The maximum atomic E-state index is 11.6. The second-order valence-electron chi connectivity index (χ2n) is 5.95. The summed E-state index contributed by atoms with van der Waals surface area (Å²) in [5.74, 6) is 0.647. The predicted molar refractivity (Wildman–Crippen MR) is 101 cm³/mol. The molecule has 3 rings (SSSR count). The summed E-state index contributed by atoms with van der Waals surface area (Å²) in [4.78, 5) is 13.5. The van der Waals surface area contributed by atoms with E-state index >= 15 is 0 Å². The summed E-state index contributed by atoms with van der Waals surface area (Å²) in [7, 11) is 3.23. The van der Waals surface area contributed by atoms with Crippen molar-refractivity contribution >= 4 is 40.6 Å². The molecule has 0 N–H and O–H groups in total. The van der Waals surface area contributed by atoms with Crippen LogP contribution >= 0.6 is 23.2 Å². The number of methoxy groups -OCH3 is 1. The number of carbonyl (C=O) groups excluding carboxylic acids is 1. The van der Waals surface area contributed by atoms with Gasteiger partial charge in [0.15, 0.2) is 11.5 Å². The highest BCUT2D eigenvalue weighted by molar-refractivity contribution is 6.35. The molecule has 0 aliphatic carbocycles. The Hall–Kier alpha value is -2.38. The summed E-state index contributed by atoms with van der Waals surface area (Å²) in [5.41, 5.74) is 1.31. The van der Waals surface area contributed by atoms with Crippen LogP contribution < -0.4 is 4.90 Å². The zero-order chi connectivity index (χ0) is 18.8. The van der Waals surface area contributed by atoms with E-state index in [1.54, 1.807) is 29.6 Å². The molecule has 1 atom stereocenters. The molecule has 0 saturated heterocycles. The van der Waals surface area contributed by atoms with Gasteiger partial charge in [0.25, 0.3) is 0 Å². The number of ether oxygens (including phenoxy) is 1. The van der Waals surface area contributed by atoms with Crippen LogP contribution in [0.4, 0.5) is 5.82 Å². The van der Waals surface area contributed by atoms with Crippen LogP contribution in [0.15, 0.2) is 30.3 Å². The van der Waals surface area contributed by atoms with Crippen molar-refractivity contribution in [3.8, 4) is 11.4 Å². The highest BCUT2D eigenvalue weighted by Crippen LogP contribution is 2.26. The molecule has 26 heavy (non-hydrogen) atoms. The van der Waals surface area contributed by atoms with Crippen molar-refractivity contribution in [2.45, 2.75) is 6.92 Å². The number of hydrogen-bond acceptors (Lipinski definition) is 6. The van der Waals surface area contributed by atoms with Gasteiger partial charge in [-0.05, 0) is 30.3 Å². The summed E-state index contributed by atoms with van der Waals surface area (Å²) in [5, 5.41) is 13.9. The Morgan fingerprint density at radius 1 is 1.23 bits per heavy atom. The molecule has 0 amide bonds. The van der Waals surface area contributed by atoms with E-state index in [0.29, 0.717) is 39.4 Å². The van der Waals surface area contributed by atoms with Crippen LogP contribution in [0.1, 0.15) is 6.92 Å². The van der Waals surface area contributed by atoms with E-state index in [1.165, 1.54) is 7.11 Å². The van der Waals surface area contributed by atoms with Crippen molar-refractivity contribution in [1.82, 2.24) is 19.8 Å². The Kier molecular flexibility index (Phi) is 5.29. The zero-order valence-electron chi connectivity index (χ0n) is 14.5. The van der Waals surface area contributed by atoms with Gasteiger partial charge in [-0.15, -0.1) is 15.3 Å². The lowest BCUT2D eigenvalue weighted by atomic mass is 10.2. The SMILES string of the molecule is COC(=O)C(C)CN(C)c1ccc2nnc(-c3cc(Cl)cc(Cl)c3)n2n1. The largest absolute Gasteiger partial charge is 0.469 e. The zero-order valence-corrected chi connectivity index (χ0v) is 16.0. The van der Waals surface area contributed by atoms with E-state index in [1.807, 2.05) is 24.1 Å². The minimum absolute atomic E-state index is 0.267. The molecule has 2 aromatic heterocycles. The lowest BCUT2D eigenvalue weighted by Crippen LogP contribution is -2.30. The summed E-state index contributed by atoms with van der Waals surface area (Å²) in [6.45, 7) is 2.27. The average molecular weight is 394 g/mol. The number of hydrogen-bond donors (Lipinski definition) is 0. The number of halogens is 2. The summed E-state index contributed by atoms with van der Waals surface area (Å²) < 4.78 is 6.39. The maximum Gasteiger partial charge on any atom is 0.310 e. The lowest BCUT2D eigenvalue weighted by molar-refractivity contribution is -0.144. The van der Waals surface area contributed by atoms with Gasteiger partial charge in [-0.3, -0.25) is 4.79 Å². The Balaban J connectivity index is 1.96. The topological polar surface area (TPSA) is 72.6 Å². The second kappa shape index (κ2) is 7.47. The molecule has 0 radical (unpaired) electrons. The van der Waals surface area contributed by atoms with Crippen molar-refractivity contribution < 1.29 is 9.53 Å². The fourth-order valence-corrected chi connectivity index (χ4v) is 3.15. The van der Waals surface area contributed by atoms with Gasteiger partial charge < -0.3 is 9.64 Å². The third-order valence-electron chi connectivity index (χ3n) is 3.91. The van der Waals surface area contributed by atoms with E-state index in [0.717, 1.165) is 0 Å². The van der Waals surface area contributed by atoms with Gasteiger partial charge in [-0.1, -0.05) is 30.1 Å². The molecule has 136 valence electrons. The molecule has 0 aliphatic heterocycles. The third kappa shape index (κ3) is 3.73. The van der Waals surface area contributed by atoms with Crippen LogP contribution in [-0.4, -0.2) is 46.5 Å². The molecule has 0 saturated carbocycles. The van der Waals surface area contributed by atoms with Gasteiger partial charge in [0.05, 0.1) is 13.0 Å². The Labute approximate surface area is 160 Å². The number of esters is 1. The highest BCUT2D eigenvalue weighted by Gasteiger charge is 2.18. The Morgan fingerprint density at radius 3 is 2.58 bits per heavy atom. The first-order valence-electron chi connectivity index (χ1n) is 7.87. The number of rotatable bonds is 5. The number of carbonyl (C=O) groups is 1. The van der Waals surface area contributed by atoms with Crippen molar-refractivity contribution in [2.24, 2.45) is 5.92 Å².